The summed E-state index contributed by atoms with van der Waals surface area (Å²) in [5, 5.41) is 11.9. The summed E-state index contributed by atoms with van der Waals surface area (Å²) in [6.07, 6.45) is 0.944. The Morgan fingerprint density at radius 3 is 2.48 bits per heavy atom. The van der Waals surface area contributed by atoms with Gasteiger partial charge in [0.2, 0.25) is 5.91 Å². The van der Waals surface area contributed by atoms with Crippen LogP contribution in [0.25, 0.3) is 0 Å². The van der Waals surface area contributed by atoms with Crippen LogP contribution in [0.2, 0.25) is 0 Å². The monoisotopic (exact) mass is 295 g/mol. The van der Waals surface area contributed by atoms with Crippen molar-refractivity contribution < 1.29 is 19.4 Å². The molecule has 0 aliphatic rings. The lowest BCUT2D eigenvalue weighted by atomic mass is 9.89. The van der Waals surface area contributed by atoms with Gasteiger partial charge in [-0.25, -0.2) is 0 Å². The van der Waals surface area contributed by atoms with Crippen molar-refractivity contribution in [3.63, 3.8) is 0 Å². The molecule has 0 radical (unpaired) electrons. The standard InChI is InChI=1S/C16H25NO4/c1-16(2,7-8-18)11-17-15(19)10-12-5-6-13(20-3)14(9-12)21-4/h5-6,9,18H,7-8,10-11H2,1-4H3,(H,17,19). The molecule has 0 atom stereocenters. The quantitative estimate of drug-likeness (QED) is 0.767. The Hall–Kier alpha value is -1.75. The van der Waals surface area contributed by atoms with E-state index in [9.17, 15) is 4.79 Å². The summed E-state index contributed by atoms with van der Waals surface area (Å²) in [4.78, 5) is 12.0. The molecule has 0 spiro atoms. The number of hydrogen-bond donors (Lipinski definition) is 2. The van der Waals surface area contributed by atoms with Crippen LogP contribution < -0.4 is 14.8 Å². The van der Waals surface area contributed by atoms with Crippen molar-refractivity contribution in [2.24, 2.45) is 5.41 Å². The van der Waals surface area contributed by atoms with Gasteiger partial charge in [0.1, 0.15) is 0 Å². The summed E-state index contributed by atoms with van der Waals surface area (Å²) in [6, 6.07) is 5.44. The number of hydrogen-bond acceptors (Lipinski definition) is 4. The van der Waals surface area contributed by atoms with Gasteiger partial charge >= 0.3 is 0 Å². The molecule has 5 nitrogen and oxygen atoms in total. The van der Waals surface area contributed by atoms with Gasteiger partial charge in [-0.05, 0) is 29.5 Å². The Bertz CT molecular complexity index is 471. The van der Waals surface area contributed by atoms with E-state index in [2.05, 4.69) is 5.32 Å². The SMILES string of the molecule is COc1ccc(CC(=O)NCC(C)(C)CCO)cc1OC. The number of carbonyl (C=O) groups is 1. The molecule has 0 saturated carbocycles. The lowest BCUT2D eigenvalue weighted by molar-refractivity contribution is -0.120. The minimum atomic E-state index is -0.109. The van der Waals surface area contributed by atoms with E-state index in [0.717, 1.165) is 5.56 Å². The number of benzene rings is 1. The van der Waals surface area contributed by atoms with Gasteiger partial charge in [-0.15, -0.1) is 0 Å². The molecule has 1 aromatic rings. The van der Waals surface area contributed by atoms with Crippen LogP contribution in [0, 0.1) is 5.41 Å². The number of rotatable bonds is 8. The van der Waals surface area contributed by atoms with Gasteiger partial charge in [0.05, 0.1) is 20.6 Å². The predicted molar refractivity (Wildman–Crippen MR) is 81.7 cm³/mol. The van der Waals surface area contributed by atoms with E-state index in [1.807, 2.05) is 19.9 Å². The third-order valence-electron chi connectivity index (χ3n) is 3.37. The second-order valence-electron chi connectivity index (χ2n) is 5.78. The van der Waals surface area contributed by atoms with E-state index < -0.39 is 0 Å². The Morgan fingerprint density at radius 1 is 1.24 bits per heavy atom. The first-order valence-corrected chi connectivity index (χ1v) is 7.00. The molecule has 21 heavy (non-hydrogen) atoms. The molecule has 0 aromatic heterocycles. The molecular formula is C16H25NO4. The van der Waals surface area contributed by atoms with E-state index >= 15 is 0 Å². The number of methoxy groups -OCH3 is 2. The van der Waals surface area contributed by atoms with E-state index in [1.165, 1.54) is 0 Å². The number of nitrogens with one attached hydrogen (secondary N) is 1. The average Bonchev–Trinajstić information content (AvgIpc) is 2.45. The van der Waals surface area contributed by atoms with E-state index in [4.69, 9.17) is 14.6 Å². The maximum absolute atomic E-state index is 12.0. The van der Waals surface area contributed by atoms with Crippen molar-refractivity contribution in [2.75, 3.05) is 27.4 Å². The minimum Gasteiger partial charge on any atom is -0.493 e. The van der Waals surface area contributed by atoms with Crippen molar-refractivity contribution in [1.82, 2.24) is 5.32 Å². The summed E-state index contributed by atoms with van der Waals surface area (Å²) >= 11 is 0. The first kappa shape index (κ1) is 17.3. The molecule has 0 bridgehead atoms. The van der Waals surface area contributed by atoms with Crippen LogP contribution in [0.3, 0.4) is 0 Å². The molecule has 0 aliphatic heterocycles. The fraction of sp³-hybridized carbons (Fsp3) is 0.562. The number of aliphatic hydroxyl groups is 1. The lowest BCUT2D eigenvalue weighted by Crippen LogP contribution is -2.35. The van der Waals surface area contributed by atoms with Crippen molar-refractivity contribution in [3.8, 4) is 11.5 Å². The summed E-state index contributed by atoms with van der Waals surface area (Å²) in [6.45, 7) is 4.69. The molecule has 1 rings (SSSR count). The Kier molecular flexibility index (Phi) is 6.49. The van der Waals surface area contributed by atoms with Gasteiger partial charge in [0.15, 0.2) is 11.5 Å². The van der Waals surface area contributed by atoms with Gasteiger partial charge in [0.25, 0.3) is 0 Å². The first-order valence-electron chi connectivity index (χ1n) is 7.00. The van der Waals surface area contributed by atoms with Gasteiger partial charge in [0, 0.05) is 13.2 Å². The van der Waals surface area contributed by atoms with Gasteiger partial charge < -0.3 is 19.9 Å². The van der Waals surface area contributed by atoms with Crippen LogP contribution in [0.15, 0.2) is 18.2 Å². The second-order valence-corrected chi connectivity index (χ2v) is 5.78. The van der Waals surface area contributed by atoms with Crippen LogP contribution in [0.5, 0.6) is 11.5 Å². The summed E-state index contributed by atoms with van der Waals surface area (Å²) < 4.78 is 10.4. The third kappa shape index (κ3) is 5.63. The zero-order valence-corrected chi connectivity index (χ0v) is 13.2. The van der Waals surface area contributed by atoms with Gasteiger partial charge in [-0.1, -0.05) is 19.9 Å². The topological polar surface area (TPSA) is 67.8 Å². The number of aliphatic hydroxyl groups excluding tert-OH is 1. The van der Waals surface area contributed by atoms with Gasteiger partial charge in [-0.2, -0.15) is 0 Å². The van der Waals surface area contributed by atoms with Crippen LogP contribution in [0.1, 0.15) is 25.8 Å². The lowest BCUT2D eigenvalue weighted by Gasteiger charge is -2.23. The molecule has 0 unspecified atom stereocenters. The van der Waals surface area contributed by atoms with Crippen molar-refractivity contribution in [2.45, 2.75) is 26.7 Å². The van der Waals surface area contributed by atoms with Crippen LogP contribution in [0.4, 0.5) is 0 Å². The smallest absolute Gasteiger partial charge is 0.224 e. The summed E-state index contributed by atoms with van der Waals surface area (Å²) in [5.41, 5.74) is 0.757. The highest BCUT2D eigenvalue weighted by Crippen LogP contribution is 2.27. The molecule has 0 saturated heterocycles. The minimum absolute atomic E-state index is 0.0479. The third-order valence-corrected chi connectivity index (χ3v) is 3.37. The van der Waals surface area contributed by atoms with Crippen LogP contribution in [-0.4, -0.2) is 38.4 Å². The summed E-state index contributed by atoms with van der Waals surface area (Å²) in [7, 11) is 3.15. The highest BCUT2D eigenvalue weighted by molar-refractivity contribution is 5.78. The Morgan fingerprint density at radius 2 is 1.90 bits per heavy atom. The molecule has 0 fully saturated rings. The maximum atomic E-state index is 12.0. The van der Waals surface area contributed by atoms with Crippen molar-refractivity contribution >= 4 is 5.91 Å². The Labute approximate surface area is 126 Å². The molecule has 1 aromatic carbocycles. The van der Waals surface area contributed by atoms with Crippen molar-refractivity contribution in [3.05, 3.63) is 23.8 Å². The molecular weight excluding hydrogens is 270 g/mol. The second kappa shape index (κ2) is 7.88. The molecule has 5 heteroatoms. The average molecular weight is 295 g/mol. The molecule has 0 heterocycles. The summed E-state index contributed by atoms with van der Waals surface area (Å²) in [5.74, 6) is 1.21. The van der Waals surface area contributed by atoms with E-state index in [1.54, 1.807) is 26.4 Å². The molecule has 0 aliphatic carbocycles. The number of amides is 1. The first-order chi connectivity index (χ1) is 9.91. The fourth-order valence-corrected chi connectivity index (χ4v) is 1.97. The fourth-order valence-electron chi connectivity index (χ4n) is 1.97. The van der Waals surface area contributed by atoms with E-state index in [0.29, 0.717) is 24.5 Å². The highest BCUT2D eigenvalue weighted by atomic mass is 16.5. The molecule has 1 amide bonds. The van der Waals surface area contributed by atoms with Gasteiger partial charge in [-0.3, -0.25) is 4.79 Å². The normalized spacial score (nSPS) is 11.1. The van der Waals surface area contributed by atoms with Crippen LogP contribution in [-0.2, 0) is 11.2 Å². The highest BCUT2D eigenvalue weighted by Gasteiger charge is 2.18. The Balaban J connectivity index is 2.59. The van der Waals surface area contributed by atoms with Crippen molar-refractivity contribution in [1.29, 1.82) is 0 Å². The number of carbonyl (C=O) groups excluding carboxylic acids is 1. The zero-order valence-electron chi connectivity index (χ0n) is 13.2. The molecule has 2 N–H and O–H groups in total. The van der Waals surface area contributed by atoms with Crippen LogP contribution >= 0.6 is 0 Å². The van der Waals surface area contributed by atoms with E-state index in [-0.39, 0.29) is 24.3 Å². The molecule has 118 valence electrons. The zero-order chi connectivity index (χ0) is 15.9. The predicted octanol–water partition coefficient (Wildman–Crippen LogP) is 1.77. The largest absolute Gasteiger partial charge is 0.493 e. The maximum Gasteiger partial charge on any atom is 0.224 e. The number of ether oxygens (including phenoxy) is 2.